The Morgan fingerprint density at radius 3 is 2.50 bits per heavy atom. The molecule has 2 amide bonds. The molecule has 2 rings (SSSR count). The van der Waals surface area contributed by atoms with E-state index in [1.54, 1.807) is 19.1 Å². The van der Waals surface area contributed by atoms with Gasteiger partial charge in [0.1, 0.15) is 6.04 Å². The van der Waals surface area contributed by atoms with Crippen molar-refractivity contribution in [2.75, 3.05) is 6.54 Å². The van der Waals surface area contributed by atoms with E-state index in [-0.39, 0.29) is 11.8 Å². The maximum Gasteiger partial charge on any atom is 0.251 e. The zero-order chi connectivity index (χ0) is 17.5. The van der Waals surface area contributed by atoms with Gasteiger partial charge in [0.25, 0.3) is 5.91 Å². The third-order valence-electron chi connectivity index (χ3n) is 3.98. The van der Waals surface area contributed by atoms with Gasteiger partial charge in [0.2, 0.25) is 5.91 Å². The van der Waals surface area contributed by atoms with Gasteiger partial charge >= 0.3 is 0 Å². The van der Waals surface area contributed by atoms with Gasteiger partial charge in [-0.1, -0.05) is 42.0 Å². The van der Waals surface area contributed by atoms with E-state index in [2.05, 4.69) is 29.7 Å². The number of hydrogen-bond acceptors (Lipinski definition) is 2. The first-order chi connectivity index (χ1) is 11.5. The number of carbonyl (C=O) groups is 2. The molecule has 0 saturated heterocycles. The van der Waals surface area contributed by atoms with Crippen LogP contribution in [0.4, 0.5) is 0 Å². The Kier molecular flexibility index (Phi) is 6.13. The summed E-state index contributed by atoms with van der Waals surface area (Å²) in [7, 11) is 0. The average molecular weight is 324 g/mol. The zero-order valence-electron chi connectivity index (χ0n) is 14.4. The molecule has 2 aromatic carbocycles. The highest BCUT2D eigenvalue weighted by atomic mass is 16.2. The minimum absolute atomic E-state index is 0.176. The first-order valence-electron chi connectivity index (χ1n) is 8.17. The molecule has 1 atom stereocenters. The molecule has 2 N–H and O–H groups in total. The molecular formula is C20H24N2O2. The van der Waals surface area contributed by atoms with Crippen molar-refractivity contribution in [3.8, 4) is 0 Å². The molecule has 0 aliphatic heterocycles. The van der Waals surface area contributed by atoms with Crippen molar-refractivity contribution in [3.05, 3.63) is 70.8 Å². The van der Waals surface area contributed by atoms with Crippen molar-refractivity contribution in [3.63, 3.8) is 0 Å². The highest BCUT2D eigenvalue weighted by Crippen LogP contribution is 2.07. The minimum Gasteiger partial charge on any atom is -0.354 e. The van der Waals surface area contributed by atoms with Crippen LogP contribution in [0.15, 0.2) is 48.5 Å². The smallest absolute Gasteiger partial charge is 0.251 e. The third-order valence-corrected chi connectivity index (χ3v) is 3.98. The van der Waals surface area contributed by atoms with E-state index < -0.39 is 6.04 Å². The van der Waals surface area contributed by atoms with E-state index in [0.717, 1.165) is 12.0 Å². The molecule has 24 heavy (non-hydrogen) atoms. The lowest BCUT2D eigenvalue weighted by atomic mass is 10.1. The van der Waals surface area contributed by atoms with Crippen LogP contribution in [0.2, 0.25) is 0 Å². The van der Waals surface area contributed by atoms with Crippen molar-refractivity contribution in [2.45, 2.75) is 33.2 Å². The molecule has 4 nitrogen and oxygen atoms in total. The fourth-order valence-corrected chi connectivity index (χ4v) is 2.50. The molecule has 4 heteroatoms. The highest BCUT2D eigenvalue weighted by molar-refractivity contribution is 5.97. The predicted octanol–water partition coefficient (Wildman–Crippen LogP) is 2.78. The quantitative estimate of drug-likeness (QED) is 0.858. The van der Waals surface area contributed by atoms with Crippen LogP contribution in [0.3, 0.4) is 0 Å². The molecule has 0 saturated carbocycles. The van der Waals surface area contributed by atoms with E-state index in [1.165, 1.54) is 11.1 Å². The Labute approximate surface area is 143 Å². The second-order valence-corrected chi connectivity index (χ2v) is 6.03. The van der Waals surface area contributed by atoms with E-state index in [4.69, 9.17) is 0 Å². The number of hydrogen-bond donors (Lipinski definition) is 2. The lowest BCUT2D eigenvalue weighted by Gasteiger charge is -2.15. The Morgan fingerprint density at radius 2 is 1.79 bits per heavy atom. The monoisotopic (exact) mass is 324 g/mol. The molecule has 0 spiro atoms. The molecule has 0 heterocycles. The van der Waals surface area contributed by atoms with Crippen LogP contribution >= 0.6 is 0 Å². The van der Waals surface area contributed by atoms with E-state index in [0.29, 0.717) is 12.1 Å². The number of aryl methyl sites for hydroxylation is 2. The van der Waals surface area contributed by atoms with Crippen LogP contribution in [0, 0.1) is 13.8 Å². The van der Waals surface area contributed by atoms with Gasteiger partial charge in [-0.15, -0.1) is 0 Å². The SMILES string of the molecule is Cc1cccc(C(=O)NC(C)C(=O)NCCc2ccccc2C)c1. The number of nitrogens with one attached hydrogen (secondary N) is 2. The second-order valence-electron chi connectivity index (χ2n) is 6.03. The average Bonchev–Trinajstić information content (AvgIpc) is 2.56. The van der Waals surface area contributed by atoms with E-state index in [1.807, 2.05) is 31.2 Å². The summed E-state index contributed by atoms with van der Waals surface area (Å²) in [5.74, 6) is -0.412. The number of rotatable bonds is 6. The zero-order valence-corrected chi connectivity index (χ0v) is 14.4. The van der Waals surface area contributed by atoms with Crippen molar-refractivity contribution >= 4 is 11.8 Å². The fraction of sp³-hybridized carbons (Fsp3) is 0.300. The van der Waals surface area contributed by atoms with E-state index in [9.17, 15) is 9.59 Å². The van der Waals surface area contributed by atoms with E-state index >= 15 is 0 Å². The molecule has 0 bridgehead atoms. The number of carbonyl (C=O) groups excluding carboxylic acids is 2. The van der Waals surface area contributed by atoms with Gasteiger partial charge in [-0.25, -0.2) is 0 Å². The van der Waals surface area contributed by atoms with Gasteiger partial charge in [-0.05, 0) is 50.5 Å². The van der Waals surface area contributed by atoms with Crippen LogP contribution < -0.4 is 10.6 Å². The van der Waals surface area contributed by atoms with Crippen molar-refractivity contribution < 1.29 is 9.59 Å². The fourth-order valence-electron chi connectivity index (χ4n) is 2.50. The van der Waals surface area contributed by atoms with Crippen molar-refractivity contribution in [2.24, 2.45) is 0 Å². The molecular weight excluding hydrogens is 300 g/mol. The van der Waals surface area contributed by atoms with Crippen LogP contribution in [0.25, 0.3) is 0 Å². The Hall–Kier alpha value is -2.62. The van der Waals surface area contributed by atoms with Gasteiger partial charge in [-0.2, -0.15) is 0 Å². The lowest BCUT2D eigenvalue weighted by Crippen LogP contribution is -2.45. The maximum atomic E-state index is 12.2. The summed E-state index contributed by atoms with van der Waals surface area (Å²) in [4.78, 5) is 24.3. The molecule has 0 fully saturated rings. The summed E-state index contributed by atoms with van der Waals surface area (Å²) < 4.78 is 0. The van der Waals surface area contributed by atoms with Crippen LogP contribution in [0.5, 0.6) is 0 Å². The largest absolute Gasteiger partial charge is 0.354 e. The Balaban J connectivity index is 1.82. The lowest BCUT2D eigenvalue weighted by molar-refractivity contribution is -0.122. The van der Waals surface area contributed by atoms with Crippen molar-refractivity contribution in [1.82, 2.24) is 10.6 Å². The highest BCUT2D eigenvalue weighted by Gasteiger charge is 2.16. The van der Waals surface area contributed by atoms with Crippen molar-refractivity contribution in [1.29, 1.82) is 0 Å². The van der Waals surface area contributed by atoms with Crippen LogP contribution in [-0.2, 0) is 11.2 Å². The number of amides is 2. The number of benzene rings is 2. The summed E-state index contributed by atoms with van der Waals surface area (Å²) in [5, 5.41) is 5.60. The molecule has 126 valence electrons. The molecule has 0 aliphatic carbocycles. The normalized spacial score (nSPS) is 11.6. The van der Waals surface area contributed by atoms with Crippen LogP contribution in [0.1, 0.15) is 34.0 Å². The Bertz CT molecular complexity index is 725. The minimum atomic E-state index is -0.574. The first kappa shape index (κ1) is 17.7. The van der Waals surface area contributed by atoms with Gasteiger partial charge in [-0.3, -0.25) is 9.59 Å². The van der Waals surface area contributed by atoms with Gasteiger partial charge in [0.05, 0.1) is 0 Å². The van der Waals surface area contributed by atoms with Gasteiger partial charge in [0.15, 0.2) is 0 Å². The summed E-state index contributed by atoms with van der Waals surface area (Å²) in [6.07, 6.45) is 0.775. The topological polar surface area (TPSA) is 58.2 Å². The summed E-state index contributed by atoms with van der Waals surface area (Å²) >= 11 is 0. The molecule has 1 unspecified atom stereocenters. The summed E-state index contributed by atoms with van der Waals surface area (Å²) in [6.45, 7) is 6.23. The third kappa shape index (κ3) is 4.95. The standard InChI is InChI=1S/C20H24N2O2/c1-14-7-6-10-18(13-14)20(24)22-16(3)19(23)21-12-11-17-9-5-4-8-15(17)2/h4-10,13,16H,11-12H2,1-3H3,(H,21,23)(H,22,24). The van der Waals surface area contributed by atoms with Gasteiger partial charge in [0, 0.05) is 12.1 Å². The van der Waals surface area contributed by atoms with Crippen LogP contribution in [-0.4, -0.2) is 24.4 Å². The molecule has 0 aliphatic rings. The maximum absolute atomic E-state index is 12.2. The molecule has 0 aromatic heterocycles. The second kappa shape index (κ2) is 8.29. The molecule has 2 aromatic rings. The van der Waals surface area contributed by atoms with Gasteiger partial charge < -0.3 is 10.6 Å². The Morgan fingerprint density at radius 1 is 1.04 bits per heavy atom. The summed E-state index contributed by atoms with van der Waals surface area (Å²) in [5.41, 5.74) is 4.01. The first-order valence-corrected chi connectivity index (χ1v) is 8.17. The predicted molar refractivity (Wildman–Crippen MR) is 96.0 cm³/mol. The molecule has 0 radical (unpaired) electrons. The summed E-state index contributed by atoms with van der Waals surface area (Å²) in [6, 6.07) is 14.8.